The number of carbonyl (C=O) groups is 1. The fourth-order valence-corrected chi connectivity index (χ4v) is 1.81. The fraction of sp³-hybridized carbons (Fsp3) is 0.636. The number of hydrogen-bond acceptors (Lipinski definition) is 3. The van der Waals surface area contributed by atoms with E-state index in [-0.39, 0.29) is 24.5 Å². The maximum absolute atomic E-state index is 11.6. The van der Waals surface area contributed by atoms with Gasteiger partial charge in [-0.1, -0.05) is 0 Å². The minimum Gasteiger partial charge on any atom is -0.396 e. The van der Waals surface area contributed by atoms with Crippen LogP contribution in [0.2, 0.25) is 0 Å². The number of aliphatic hydroxyl groups excluding tert-OH is 1. The molecule has 16 heavy (non-hydrogen) atoms. The Labute approximate surface area is 94.5 Å². The minimum absolute atomic E-state index is 0.0204. The molecule has 1 fully saturated rings. The van der Waals surface area contributed by atoms with Crippen LogP contribution < -0.4 is 5.32 Å². The zero-order valence-corrected chi connectivity index (χ0v) is 9.22. The van der Waals surface area contributed by atoms with E-state index < -0.39 is 0 Å². The van der Waals surface area contributed by atoms with Crippen LogP contribution in [0.25, 0.3) is 0 Å². The number of aromatic nitrogens is 2. The van der Waals surface area contributed by atoms with Gasteiger partial charge in [0.05, 0.1) is 0 Å². The number of rotatable bonds is 6. The van der Waals surface area contributed by atoms with Crippen LogP contribution >= 0.6 is 0 Å². The molecule has 1 aliphatic carbocycles. The van der Waals surface area contributed by atoms with Crippen molar-refractivity contribution in [3.63, 3.8) is 0 Å². The van der Waals surface area contributed by atoms with E-state index in [1.54, 1.807) is 23.1 Å². The second-order valence-corrected chi connectivity index (χ2v) is 4.45. The summed E-state index contributed by atoms with van der Waals surface area (Å²) in [4.78, 5) is 11.6. The lowest BCUT2D eigenvalue weighted by molar-refractivity contribution is -0.122. The molecule has 1 aliphatic rings. The molecule has 2 rings (SSSR count). The van der Waals surface area contributed by atoms with Crippen LogP contribution in [0.4, 0.5) is 0 Å². The van der Waals surface area contributed by atoms with Gasteiger partial charge in [-0.15, -0.1) is 0 Å². The van der Waals surface area contributed by atoms with Crippen LogP contribution in [-0.2, 0) is 11.3 Å². The Bertz CT molecular complexity index is 344. The van der Waals surface area contributed by atoms with Gasteiger partial charge >= 0.3 is 0 Å². The van der Waals surface area contributed by atoms with Crippen LogP contribution in [0, 0.1) is 5.41 Å². The first kappa shape index (κ1) is 11.1. The molecule has 5 heteroatoms. The molecule has 2 N–H and O–H groups in total. The first-order chi connectivity index (χ1) is 7.74. The zero-order chi connectivity index (χ0) is 11.4. The summed E-state index contributed by atoms with van der Waals surface area (Å²) in [6.45, 7) is 1.14. The van der Waals surface area contributed by atoms with Crippen LogP contribution in [0.15, 0.2) is 18.5 Å². The highest BCUT2D eigenvalue weighted by Crippen LogP contribution is 2.47. The zero-order valence-electron chi connectivity index (χ0n) is 9.22. The maximum atomic E-state index is 11.6. The molecular formula is C11H17N3O2. The molecule has 5 nitrogen and oxygen atoms in total. The van der Waals surface area contributed by atoms with Gasteiger partial charge in [-0.3, -0.25) is 9.48 Å². The molecule has 1 amide bonds. The van der Waals surface area contributed by atoms with Gasteiger partial charge in [-0.25, -0.2) is 0 Å². The van der Waals surface area contributed by atoms with E-state index >= 15 is 0 Å². The molecule has 0 bridgehead atoms. The molecule has 0 saturated heterocycles. The number of amides is 1. The average Bonchev–Trinajstić information content (AvgIpc) is 2.83. The van der Waals surface area contributed by atoms with Crippen molar-refractivity contribution in [2.45, 2.75) is 25.8 Å². The Morgan fingerprint density at radius 2 is 2.38 bits per heavy atom. The van der Waals surface area contributed by atoms with Gasteiger partial charge in [0.2, 0.25) is 5.91 Å². The Morgan fingerprint density at radius 1 is 1.56 bits per heavy atom. The van der Waals surface area contributed by atoms with E-state index in [0.717, 1.165) is 19.3 Å². The number of nitrogens with zero attached hydrogens (tertiary/aromatic N) is 2. The van der Waals surface area contributed by atoms with E-state index in [1.165, 1.54) is 0 Å². The summed E-state index contributed by atoms with van der Waals surface area (Å²) in [5, 5.41) is 15.8. The third kappa shape index (κ3) is 2.82. The van der Waals surface area contributed by atoms with E-state index in [4.69, 9.17) is 5.11 Å². The first-order valence-electron chi connectivity index (χ1n) is 5.59. The summed E-state index contributed by atoms with van der Waals surface area (Å²) >= 11 is 0. The molecule has 0 spiro atoms. The number of hydrogen-bond donors (Lipinski definition) is 2. The van der Waals surface area contributed by atoms with Crippen LogP contribution in [0.5, 0.6) is 0 Å². The van der Waals surface area contributed by atoms with E-state index in [1.807, 2.05) is 0 Å². The van der Waals surface area contributed by atoms with Crippen molar-refractivity contribution in [2.75, 3.05) is 13.2 Å². The summed E-state index contributed by atoms with van der Waals surface area (Å²) in [5.74, 6) is -0.0204. The van der Waals surface area contributed by atoms with E-state index in [2.05, 4.69) is 10.4 Å². The second-order valence-electron chi connectivity index (χ2n) is 4.45. The highest BCUT2D eigenvalue weighted by Gasteiger charge is 2.41. The summed E-state index contributed by atoms with van der Waals surface area (Å²) in [6, 6.07) is 1.79. The van der Waals surface area contributed by atoms with Crippen molar-refractivity contribution >= 4 is 5.91 Å². The van der Waals surface area contributed by atoms with Gasteiger partial charge in [-0.2, -0.15) is 5.10 Å². The third-order valence-corrected chi connectivity index (χ3v) is 3.12. The first-order valence-corrected chi connectivity index (χ1v) is 5.59. The minimum atomic E-state index is -0.0204. The molecule has 1 heterocycles. The Morgan fingerprint density at radius 3 is 2.94 bits per heavy atom. The lowest BCUT2D eigenvalue weighted by Gasteiger charge is -2.14. The summed E-state index contributed by atoms with van der Waals surface area (Å²) in [5.41, 5.74) is 0.175. The largest absolute Gasteiger partial charge is 0.396 e. The van der Waals surface area contributed by atoms with Crippen molar-refractivity contribution in [3.05, 3.63) is 18.5 Å². The van der Waals surface area contributed by atoms with E-state index in [0.29, 0.717) is 6.54 Å². The SMILES string of the molecule is O=C(Cn1cccn1)NCC1(CCO)CC1. The summed E-state index contributed by atoms with van der Waals surface area (Å²) < 4.78 is 1.60. The molecular weight excluding hydrogens is 206 g/mol. The topological polar surface area (TPSA) is 67.2 Å². The van der Waals surface area contributed by atoms with Gasteiger partial charge < -0.3 is 10.4 Å². The van der Waals surface area contributed by atoms with Crippen molar-refractivity contribution in [3.8, 4) is 0 Å². The Balaban J connectivity index is 1.72. The molecule has 1 aromatic heterocycles. The summed E-state index contributed by atoms with van der Waals surface area (Å²) in [6.07, 6.45) is 6.42. The molecule has 1 aromatic rings. The maximum Gasteiger partial charge on any atom is 0.241 e. The predicted molar refractivity (Wildman–Crippen MR) is 58.6 cm³/mol. The van der Waals surface area contributed by atoms with Gasteiger partial charge in [0.25, 0.3) is 0 Å². The molecule has 88 valence electrons. The quantitative estimate of drug-likeness (QED) is 0.722. The molecule has 0 unspecified atom stereocenters. The highest BCUT2D eigenvalue weighted by molar-refractivity contribution is 5.75. The van der Waals surface area contributed by atoms with Gasteiger partial charge in [-0.05, 0) is 30.7 Å². The number of carbonyl (C=O) groups excluding carboxylic acids is 1. The molecule has 0 aromatic carbocycles. The van der Waals surface area contributed by atoms with Crippen molar-refractivity contribution in [2.24, 2.45) is 5.41 Å². The Hall–Kier alpha value is -1.36. The van der Waals surface area contributed by atoms with Gasteiger partial charge in [0.15, 0.2) is 0 Å². The second kappa shape index (κ2) is 4.65. The molecule has 0 aliphatic heterocycles. The van der Waals surface area contributed by atoms with Crippen molar-refractivity contribution in [1.29, 1.82) is 0 Å². The predicted octanol–water partition coefficient (Wildman–Crippen LogP) is 0.162. The molecule has 1 saturated carbocycles. The lowest BCUT2D eigenvalue weighted by atomic mass is 10.0. The van der Waals surface area contributed by atoms with Crippen LogP contribution in [0.3, 0.4) is 0 Å². The normalized spacial score (nSPS) is 17.1. The number of aliphatic hydroxyl groups is 1. The standard InChI is InChI=1S/C11H17N3O2/c15-7-4-11(2-3-11)9-12-10(16)8-14-6-1-5-13-14/h1,5-6,15H,2-4,7-9H2,(H,12,16). The lowest BCUT2D eigenvalue weighted by Crippen LogP contribution is -2.33. The Kier molecular flexibility index (Phi) is 3.24. The van der Waals surface area contributed by atoms with Crippen LogP contribution in [-0.4, -0.2) is 33.9 Å². The van der Waals surface area contributed by atoms with E-state index in [9.17, 15) is 4.79 Å². The summed E-state index contributed by atoms with van der Waals surface area (Å²) in [7, 11) is 0. The molecule has 0 radical (unpaired) electrons. The third-order valence-electron chi connectivity index (χ3n) is 3.12. The monoisotopic (exact) mass is 223 g/mol. The fourth-order valence-electron chi connectivity index (χ4n) is 1.81. The average molecular weight is 223 g/mol. The van der Waals surface area contributed by atoms with Crippen LogP contribution in [0.1, 0.15) is 19.3 Å². The van der Waals surface area contributed by atoms with Crippen molar-refractivity contribution < 1.29 is 9.90 Å². The smallest absolute Gasteiger partial charge is 0.241 e. The highest BCUT2D eigenvalue weighted by atomic mass is 16.3. The molecule has 0 atom stereocenters. The van der Waals surface area contributed by atoms with Crippen molar-refractivity contribution in [1.82, 2.24) is 15.1 Å². The van der Waals surface area contributed by atoms with Gasteiger partial charge in [0.1, 0.15) is 6.54 Å². The van der Waals surface area contributed by atoms with Gasteiger partial charge in [0, 0.05) is 25.5 Å². The number of nitrogens with one attached hydrogen (secondary N) is 1.